The van der Waals surface area contributed by atoms with Crippen LogP contribution < -0.4 is 5.32 Å². The van der Waals surface area contributed by atoms with E-state index in [1.165, 1.54) is 11.0 Å². The molecular formula is C25H33FN4O4. The van der Waals surface area contributed by atoms with E-state index in [1.807, 2.05) is 18.7 Å². The van der Waals surface area contributed by atoms with Gasteiger partial charge in [-0.2, -0.15) is 0 Å². The summed E-state index contributed by atoms with van der Waals surface area (Å²) in [5.41, 5.74) is 0.991. The number of piperazine rings is 1. The van der Waals surface area contributed by atoms with Gasteiger partial charge >= 0.3 is 12.0 Å². The summed E-state index contributed by atoms with van der Waals surface area (Å²) < 4.78 is 20.1. The van der Waals surface area contributed by atoms with E-state index in [-0.39, 0.29) is 41.6 Å². The first-order valence-corrected chi connectivity index (χ1v) is 12.1. The number of carbonyl (C=O) groups is 3. The maximum Gasteiger partial charge on any atom is 0.338 e. The lowest BCUT2D eigenvalue weighted by Gasteiger charge is -2.43. The van der Waals surface area contributed by atoms with Crippen molar-refractivity contribution >= 4 is 17.9 Å². The Labute approximate surface area is 199 Å². The molecule has 1 saturated heterocycles. The van der Waals surface area contributed by atoms with Crippen LogP contribution in [0.15, 0.2) is 35.5 Å². The summed E-state index contributed by atoms with van der Waals surface area (Å²) in [7, 11) is 0. The van der Waals surface area contributed by atoms with Crippen LogP contribution in [0.5, 0.6) is 0 Å². The first kappa shape index (κ1) is 24.2. The maximum absolute atomic E-state index is 14.7. The molecule has 2 aliphatic heterocycles. The smallest absolute Gasteiger partial charge is 0.338 e. The minimum Gasteiger partial charge on any atom is -0.463 e. The molecule has 3 amide bonds. The molecule has 1 aromatic carbocycles. The average Bonchev–Trinajstić information content (AvgIpc) is 3.65. The highest BCUT2D eigenvalue weighted by molar-refractivity contribution is 5.95. The van der Waals surface area contributed by atoms with Crippen molar-refractivity contribution in [2.24, 2.45) is 5.92 Å². The average molecular weight is 473 g/mol. The van der Waals surface area contributed by atoms with Crippen LogP contribution in [-0.4, -0.2) is 78.0 Å². The Morgan fingerprint density at radius 1 is 1.18 bits per heavy atom. The molecule has 3 aliphatic rings. The molecule has 1 aromatic rings. The quantitative estimate of drug-likeness (QED) is 0.617. The number of hydrogen-bond acceptors (Lipinski definition) is 5. The van der Waals surface area contributed by atoms with Crippen LogP contribution in [0.2, 0.25) is 0 Å². The third kappa shape index (κ3) is 4.80. The summed E-state index contributed by atoms with van der Waals surface area (Å²) in [4.78, 5) is 44.4. The van der Waals surface area contributed by atoms with Gasteiger partial charge in [-0.1, -0.05) is 18.2 Å². The fourth-order valence-electron chi connectivity index (χ4n) is 4.88. The van der Waals surface area contributed by atoms with Crippen molar-refractivity contribution in [1.82, 2.24) is 20.0 Å². The number of amides is 3. The van der Waals surface area contributed by atoms with Gasteiger partial charge in [0.2, 0.25) is 5.91 Å². The fraction of sp³-hybridized carbons (Fsp3) is 0.560. The molecule has 1 aliphatic carbocycles. The second-order valence-corrected chi connectivity index (χ2v) is 9.12. The lowest BCUT2D eigenvalue weighted by atomic mass is 9.93. The van der Waals surface area contributed by atoms with Crippen LogP contribution in [0.1, 0.15) is 45.2 Å². The molecule has 4 rings (SSSR count). The van der Waals surface area contributed by atoms with E-state index in [4.69, 9.17) is 4.74 Å². The Morgan fingerprint density at radius 3 is 2.53 bits per heavy atom. The molecule has 34 heavy (non-hydrogen) atoms. The second-order valence-electron chi connectivity index (χ2n) is 9.12. The van der Waals surface area contributed by atoms with Gasteiger partial charge in [-0.05, 0) is 39.7 Å². The number of likely N-dealkylation sites (N-methyl/N-ethyl adjacent to an activating group) is 1. The van der Waals surface area contributed by atoms with Gasteiger partial charge in [0, 0.05) is 55.9 Å². The summed E-state index contributed by atoms with van der Waals surface area (Å²) >= 11 is 0. The molecule has 2 atom stereocenters. The predicted molar refractivity (Wildman–Crippen MR) is 124 cm³/mol. The topological polar surface area (TPSA) is 82.2 Å². The van der Waals surface area contributed by atoms with Crippen molar-refractivity contribution in [3.8, 4) is 0 Å². The van der Waals surface area contributed by atoms with Crippen LogP contribution in [-0.2, 0) is 14.3 Å². The Kier molecular flexibility index (Phi) is 7.21. The number of ether oxygens (including phenoxy) is 1. The van der Waals surface area contributed by atoms with E-state index in [1.54, 1.807) is 25.1 Å². The first-order chi connectivity index (χ1) is 16.3. The Morgan fingerprint density at radius 2 is 1.91 bits per heavy atom. The third-order valence-corrected chi connectivity index (χ3v) is 6.76. The van der Waals surface area contributed by atoms with Gasteiger partial charge in [-0.15, -0.1) is 0 Å². The van der Waals surface area contributed by atoms with Gasteiger partial charge in [0.1, 0.15) is 5.82 Å². The number of halogens is 1. The molecule has 0 spiro atoms. The number of esters is 1. The summed E-state index contributed by atoms with van der Waals surface area (Å²) in [5, 5.41) is 2.80. The van der Waals surface area contributed by atoms with Crippen LogP contribution in [0.4, 0.5) is 9.18 Å². The Hall–Kier alpha value is -2.94. The minimum absolute atomic E-state index is 0.0309. The van der Waals surface area contributed by atoms with Crippen molar-refractivity contribution < 1.29 is 23.5 Å². The highest BCUT2D eigenvalue weighted by Crippen LogP contribution is 2.34. The summed E-state index contributed by atoms with van der Waals surface area (Å²) in [5.74, 6) is -0.670. The van der Waals surface area contributed by atoms with Crippen molar-refractivity contribution in [2.75, 3.05) is 39.3 Å². The van der Waals surface area contributed by atoms with Crippen molar-refractivity contribution in [2.45, 2.75) is 45.7 Å². The third-order valence-electron chi connectivity index (χ3n) is 6.76. The number of urea groups is 1. The molecule has 184 valence electrons. The van der Waals surface area contributed by atoms with Crippen molar-refractivity contribution in [3.05, 3.63) is 46.9 Å². The number of carbonyl (C=O) groups excluding carboxylic acids is 3. The lowest BCUT2D eigenvalue weighted by Crippen LogP contribution is -2.56. The first-order valence-electron chi connectivity index (χ1n) is 12.1. The monoisotopic (exact) mass is 472 g/mol. The van der Waals surface area contributed by atoms with E-state index in [0.717, 1.165) is 12.8 Å². The Bertz CT molecular complexity index is 993. The van der Waals surface area contributed by atoms with E-state index in [2.05, 4.69) is 10.2 Å². The maximum atomic E-state index is 14.7. The highest BCUT2D eigenvalue weighted by atomic mass is 19.1. The number of nitrogens with zero attached hydrogens (tertiary/aromatic N) is 3. The van der Waals surface area contributed by atoms with Crippen LogP contribution in [0.25, 0.3) is 0 Å². The molecule has 0 unspecified atom stereocenters. The van der Waals surface area contributed by atoms with Gasteiger partial charge in [0.05, 0.1) is 18.2 Å². The van der Waals surface area contributed by atoms with E-state index in [0.29, 0.717) is 38.4 Å². The van der Waals surface area contributed by atoms with Crippen molar-refractivity contribution in [1.29, 1.82) is 0 Å². The summed E-state index contributed by atoms with van der Waals surface area (Å²) in [6, 6.07) is 4.84. The van der Waals surface area contributed by atoms with Gasteiger partial charge in [0.15, 0.2) is 0 Å². The SMILES string of the molecule is CCOC(=O)C1=C(CN2CCN(C(=O)C3CC3)[C@@H](C)C2)N(CC)C(=O)N[C@H]1c1ccccc1F. The number of nitrogens with one attached hydrogen (secondary N) is 1. The van der Waals surface area contributed by atoms with Gasteiger partial charge in [0.25, 0.3) is 0 Å². The van der Waals surface area contributed by atoms with Crippen LogP contribution >= 0.6 is 0 Å². The molecule has 0 aromatic heterocycles. The Balaban J connectivity index is 1.67. The van der Waals surface area contributed by atoms with E-state index in [9.17, 15) is 18.8 Å². The van der Waals surface area contributed by atoms with E-state index < -0.39 is 17.8 Å². The molecule has 1 N–H and O–H groups in total. The largest absolute Gasteiger partial charge is 0.463 e. The summed E-state index contributed by atoms with van der Waals surface area (Å²) in [6.45, 7) is 8.29. The molecule has 0 bridgehead atoms. The molecule has 2 fully saturated rings. The zero-order valence-electron chi connectivity index (χ0n) is 20.1. The van der Waals surface area contributed by atoms with Gasteiger partial charge in [-0.25, -0.2) is 14.0 Å². The highest BCUT2D eigenvalue weighted by Gasteiger charge is 2.41. The second kappa shape index (κ2) is 10.1. The number of rotatable bonds is 7. The lowest BCUT2D eigenvalue weighted by molar-refractivity contribution is -0.139. The number of benzene rings is 1. The fourth-order valence-corrected chi connectivity index (χ4v) is 4.88. The summed E-state index contributed by atoms with van der Waals surface area (Å²) in [6.07, 6.45) is 1.94. The number of hydrogen-bond donors (Lipinski definition) is 1. The van der Waals surface area contributed by atoms with E-state index >= 15 is 0 Å². The molecule has 9 heteroatoms. The zero-order chi connectivity index (χ0) is 24.4. The molecule has 1 saturated carbocycles. The predicted octanol–water partition coefficient (Wildman–Crippen LogP) is 2.67. The molecule has 2 heterocycles. The van der Waals surface area contributed by atoms with Gasteiger partial charge in [-0.3, -0.25) is 14.6 Å². The van der Waals surface area contributed by atoms with Crippen LogP contribution in [0.3, 0.4) is 0 Å². The standard InChI is InChI=1S/C25H33FN4O4/c1-4-29-20(15-28-12-13-30(16(3)14-28)23(31)17-10-11-17)21(24(32)34-5-2)22(27-25(29)33)18-8-6-7-9-19(18)26/h6-9,16-17,22H,4-5,10-15H2,1-3H3,(H,27,33)/t16-,22-/m0/s1. The molecular weight excluding hydrogens is 439 g/mol. The molecule has 8 nitrogen and oxygen atoms in total. The molecule has 0 radical (unpaired) electrons. The normalized spacial score (nSPS) is 23.7. The zero-order valence-corrected chi connectivity index (χ0v) is 20.1. The van der Waals surface area contributed by atoms with Crippen molar-refractivity contribution in [3.63, 3.8) is 0 Å². The van der Waals surface area contributed by atoms with Gasteiger partial charge < -0.3 is 15.0 Å². The minimum atomic E-state index is -0.944. The van der Waals surface area contributed by atoms with Crippen LogP contribution in [0, 0.1) is 11.7 Å².